The zero-order valence-electron chi connectivity index (χ0n) is 12.5. The number of hydrogen-bond donors (Lipinski definition) is 2. The predicted molar refractivity (Wildman–Crippen MR) is 79.7 cm³/mol. The Morgan fingerprint density at radius 2 is 1.95 bits per heavy atom. The van der Waals surface area contributed by atoms with E-state index in [-0.39, 0.29) is 24.9 Å². The monoisotopic (exact) mass is 319 g/mol. The van der Waals surface area contributed by atoms with Crippen LogP contribution in [0.5, 0.6) is 0 Å². The number of carbonyl (C=O) groups excluding carboxylic acids is 2. The molecule has 2 aromatic rings. The summed E-state index contributed by atoms with van der Waals surface area (Å²) in [4.78, 5) is 23.2. The molecule has 22 heavy (non-hydrogen) atoms. The van der Waals surface area contributed by atoms with Crippen LogP contribution in [-0.2, 0) is 11.3 Å². The lowest BCUT2D eigenvalue weighted by molar-refractivity contribution is -0.684. The summed E-state index contributed by atoms with van der Waals surface area (Å²) in [5.41, 5.74) is 8.48. The third kappa shape index (κ3) is 4.56. The number of rotatable bonds is 4. The van der Waals surface area contributed by atoms with Crippen molar-refractivity contribution in [1.82, 2.24) is 0 Å². The van der Waals surface area contributed by atoms with Crippen molar-refractivity contribution in [2.45, 2.75) is 20.4 Å². The molecule has 5 nitrogen and oxygen atoms in total. The summed E-state index contributed by atoms with van der Waals surface area (Å²) >= 11 is 0. The molecule has 0 spiro atoms. The average molecular weight is 320 g/mol. The lowest BCUT2D eigenvalue weighted by Crippen LogP contribution is -3.00. The van der Waals surface area contributed by atoms with Crippen LogP contribution in [0.25, 0.3) is 0 Å². The number of halogens is 1. The minimum absolute atomic E-state index is 0. The van der Waals surface area contributed by atoms with E-state index < -0.39 is 5.91 Å². The van der Waals surface area contributed by atoms with E-state index in [0.29, 0.717) is 5.56 Å². The number of nitrogens with zero attached hydrogens (tertiary/aromatic N) is 1. The van der Waals surface area contributed by atoms with E-state index in [1.165, 1.54) is 0 Å². The largest absolute Gasteiger partial charge is 1.00 e. The third-order valence-corrected chi connectivity index (χ3v) is 3.14. The number of amides is 2. The molecule has 2 rings (SSSR count). The third-order valence-electron chi connectivity index (χ3n) is 3.14. The van der Waals surface area contributed by atoms with E-state index in [2.05, 4.69) is 5.32 Å². The van der Waals surface area contributed by atoms with Gasteiger partial charge in [-0.1, -0.05) is 12.1 Å². The summed E-state index contributed by atoms with van der Waals surface area (Å²) in [6, 6.07) is 9.19. The maximum Gasteiger partial charge on any atom is 0.290 e. The number of nitrogens with two attached hydrogens (primary N) is 1. The fraction of sp³-hybridized carbons (Fsp3) is 0.188. The van der Waals surface area contributed by atoms with Crippen LogP contribution < -0.4 is 28.0 Å². The molecule has 6 heteroatoms. The van der Waals surface area contributed by atoms with Crippen molar-refractivity contribution in [3.05, 3.63) is 59.4 Å². The number of pyridine rings is 1. The van der Waals surface area contributed by atoms with Gasteiger partial charge in [0.1, 0.15) is 5.56 Å². The van der Waals surface area contributed by atoms with E-state index in [0.717, 1.165) is 16.8 Å². The van der Waals surface area contributed by atoms with Crippen molar-refractivity contribution >= 4 is 17.5 Å². The Kier molecular flexibility index (Phi) is 6.07. The molecule has 0 aliphatic carbocycles. The fourth-order valence-electron chi connectivity index (χ4n) is 1.99. The molecular formula is C16H18ClN3O2. The van der Waals surface area contributed by atoms with E-state index in [1.807, 2.05) is 32.0 Å². The Labute approximate surface area is 135 Å². The highest BCUT2D eigenvalue weighted by molar-refractivity contribution is 5.92. The van der Waals surface area contributed by atoms with Crippen LogP contribution in [0.4, 0.5) is 5.69 Å². The number of hydrogen-bond acceptors (Lipinski definition) is 2. The SMILES string of the molecule is Cc1ccc(C)c(NC(=O)C[n+]2cccc(C(N)=O)c2)c1.[Cl-]. The number of primary amides is 1. The van der Waals surface area contributed by atoms with Gasteiger partial charge in [-0.15, -0.1) is 0 Å². The summed E-state index contributed by atoms with van der Waals surface area (Å²) in [5.74, 6) is -0.672. The smallest absolute Gasteiger partial charge is 0.290 e. The lowest BCUT2D eigenvalue weighted by Gasteiger charge is -2.08. The maximum atomic E-state index is 12.1. The molecule has 1 aromatic carbocycles. The minimum Gasteiger partial charge on any atom is -1.00 e. The molecule has 0 unspecified atom stereocenters. The van der Waals surface area contributed by atoms with Crippen LogP contribution in [0.15, 0.2) is 42.7 Å². The quantitative estimate of drug-likeness (QED) is 0.661. The number of nitrogens with one attached hydrogen (secondary N) is 1. The standard InChI is InChI=1S/C16H17N3O2.ClH/c1-11-5-6-12(2)14(8-11)18-15(20)10-19-7-3-4-13(9-19)16(17)21;/h3-9H,10H2,1-2H3,(H2-,17,18,20,21);1H. The van der Waals surface area contributed by atoms with Crippen molar-refractivity contribution in [3.8, 4) is 0 Å². The number of benzene rings is 1. The summed E-state index contributed by atoms with van der Waals surface area (Å²) in [7, 11) is 0. The van der Waals surface area contributed by atoms with Gasteiger partial charge in [-0.3, -0.25) is 9.59 Å². The molecule has 0 radical (unpaired) electrons. The Bertz CT molecular complexity index is 702. The molecule has 2 amide bonds. The van der Waals surface area contributed by atoms with Crippen molar-refractivity contribution in [1.29, 1.82) is 0 Å². The zero-order chi connectivity index (χ0) is 15.4. The molecular weight excluding hydrogens is 302 g/mol. The first kappa shape index (κ1) is 17.7. The van der Waals surface area contributed by atoms with Crippen molar-refractivity contribution in [3.63, 3.8) is 0 Å². The molecule has 0 saturated carbocycles. The van der Waals surface area contributed by atoms with Crippen LogP contribution >= 0.6 is 0 Å². The molecule has 0 saturated heterocycles. The van der Waals surface area contributed by atoms with Crippen LogP contribution in [0.1, 0.15) is 21.5 Å². The second kappa shape index (κ2) is 7.56. The molecule has 1 heterocycles. The Morgan fingerprint density at radius 1 is 1.23 bits per heavy atom. The summed E-state index contributed by atoms with van der Waals surface area (Å²) in [6.07, 6.45) is 3.28. The molecule has 0 bridgehead atoms. The normalized spacial score (nSPS) is 9.73. The lowest BCUT2D eigenvalue weighted by atomic mass is 10.1. The highest BCUT2D eigenvalue weighted by atomic mass is 35.5. The van der Waals surface area contributed by atoms with Gasteiger partial charge in [0.15, 0.2) is 12.4 Å². The molecule has 116 valence electrons. The van der Waals surface area contributed by atoms with Crippen molar-refractivity contribution in [2.75, 3.05) is 5.32 Å². The highest BCUT2D eigenvalue weighted by Gasteiger charge is 2.13. The number of anilines is 1. The van der Waals surface area contributed by atoms with Gasteiger partial charge in [-0.25, -0.2) is 0 Å². The number of carbonyl (C=O) groups is 2. The first-order valence-electron chi connectivity index (χ1n) is 6.62. The predicted octanol–water partition coefficient (Wildman–Crippen LogP) is -1.67. The Balaban J connectivity index is 0.00000242. The maximum absolute atomic E-state index is 12.1. The van der Waals surface area contributed by atoms with Gasteiger partial charge in [-0.05, 0) is 37.1 Å². The Hall–Kier alpha value is -2.40. The van der Waals surface area contributed by atoms with Crippen LogP contribution in [0.3, 0.4) is 0 Å². The second-order valence-electron chi connectivity index (χ2n) is 5.00. The van der Waals surface area contributed by atoms with Crippen LogP contribution in [0, 0.1) is 13.8 Å². The summed E-state index contributed by atoms with van der Waals surface area (Å²) in [5, 5.41) is 2.87. The number of aryl methyl sites for hydroxylation is 2. The van der Waals surface area contributed by atoms with Crippen molar-refractivity contribution < 1.29 is 26.6 Å². The van der Waals surface area contributed by atoms with Crippen LogP contribution in [0.2, 0.25) is 0 Å². The zero-order valence-corrected chi connectivity index (χ0v) is 13.2. The van der Waals surface area contributed by atoms with E-state index >= 15 is 0 Å². The van der Waals surface area contributed by atoms with Crippen LogP contribution in [-0.4, -0.2) is 11.8 Å². The van der Waals surface area contributed by atoms with Gasteiger partial charge in [0.05, 0.1) is 0 Å². The minimum atomic E-state index is -0.515. The Morgan fingerprint density at radius 3 is 2.64 bits per heavy atom. The summed E-state index contributed by atoms with van der Waals surface area (Å²) in [6.45, 7) is 4.03. The van der Waals surface area contributed by atoms with Gasteiger partial charge >= 0.3 is 0 Å². The molecule has 0 atom stereocenters. The molecule has 1 aromatic heterocycles. The van der Waals surface area contributed by atoms with E-state index in [1.54, 1.807) is 29.1 Å². The fourth-order valence-corrected chi connectivity index (χ4v) is 1.99. The van der Waals surface area contributed by atoms with Gasteiger partial charge in [-0.2, -0.15) is 4.57 Å². The van der Waals surface area contributed by atoms with Gasteiger partial charge in [0.25, 0.3) is 11.8 Å². The molecule has 0 aliphatic heterocycles. The van der Waals surface area contributed by atoms with E-state index in [9.17, 15) is 9.59 Å². The molecule has 0 fully saturated rings. The van der Waals surface area contributed by atoms with Crippen molar-refractivity contribution in [2.24, 2.45) is 5.73 Å². The number of aromatic nitrogens is 1. The molecule has 0 aliphatic rings. The highest BCUT2D eigenvalue weighted by Crippen LogP contribution is 2.16. The summed E-state index contributed by atoms with van der Waals surface area (Å²) < 4.78 is 1.63. The average Bonchev–Trinajstić information content (AvgIpc) is 2.43. The first-order chi connectivity index (χ1) is 9.95. The van der Waals surface area contributed by atoms with Gasteiger partial charge in [0, 0.05) is 11.8 Å². The van der Waals surface area contributed by atoms with Gasteiger partial charge in [0.2, 0.25) is 6.54 Å². The topological polar surface area (TPSA) is 76.1 Å². The van der Waals surface area contributed by atoms with Gasteiger partial charge < -0.3 is 23.5 Å². The first-order valence-corrected chi connectivity index (χ1v) is 6.62. The van der Waals surface area contributed by atoms with E-state index in [4.69, 9.17) is 5.73 Å². The second-order valence-corrected chi connectivity index (χ2v) is 5.00. The molecule has 3 N–H and O–H groups in total.